The first-order valence-corrected chi connectivity index (χ1v) is 6.21. The van der Waals surface area contributed by atoms with E-state index in [0.29, 0.717) is 5.92 Å². The smallest absolute Gasteiger partial charge is 0.0740 e. The molecule has 0 spiro atoms. The van der Waals surface area contributed by atoms with Crippen LogP contribution in [0.25, 0.3) is 0 Å². The van der Waals surface area contributed by atoms with Gasteiger partial charge in [-0.05, 0) is 24.9 Å². The first kappa shape index (κ1) is 11.6. The van der Waals surface area contributed by atoms with Gasteiger partial charge in [0.2, 0.25) is 0 Å². The number of benzene rings is 1. The Labute approximate surface area is 97.7 Å². The highest BCUT2D eigenvalue weighted by molar-refractivity contribution is 5.18. The average Bonchev–Trinajstić information content (AvgIpc) is 2.30. The summed E-state index contributed by atoms with van der Waals surface area (Å²) in [7, 11) is 0. The van der Waals surface area contributed by atoms with E-state index in [2.05, 4.69) is 24.4 Å². The van der Waals surface area contributed by atoms with Crippen molar-refractivity contribution in [3.05, 3.63) is 35.9 Å². The van der Waals surface area contributed by atoms with E-state index < -0.39 is 5.60 Å². The minimum absolute atomic E-state index is 0.376. The van der Waals surface area contributed by atoms with Crippen LogP contribution < -0.4 is 5.32 Å². The standard InChI is InChI=1S/C14H21NO/c1-2-13-11-15-9-8-14(13,16)10-12-6-4-3-5-7-12/h3-7,13,15-16H,2,8-11H2,1H3. The number of rotatable bonds is 3. The lowest BCUT2D eigenvalue weighted by atomic mass is 9.76. The third-order valence-corrected chi connectivity index (χ3v) is 3.73. The van der Waals surface area contributed by atoms with Crippen LogP contribution in [-0.2, 0) is 6.42 Å². The summed E-state index contributed by atoms with van der Waals surface area (Å²) in [5, 5.41) is 14.1. The third kappa shape index (κ3) is 2.45. The van der Waals surface area contributed by atoms with Crippen LogP contribution in [0.2, 0.25) is 0 Å². The van der Waals surface area contributed by atoms with Gasteiger partial charge in [0.25, 0.3) is 0 Å². The van der Waals surface area contributed by atoms with Gasteiger partial charge in [0.05, 0.1) is 5.60 Å². The zero-order valence-electron chi connectivity index (χ0n) is 9.95. The molecule has 1 aliphatic rings. The van der Waals surface area contributed by atoms with Crippen molar-refractivity contribution < 1.29 is 5.11 Å². The van der Waals surface area contributed by atoms with Crippen molar-refractivity contribution in [1.29, 1.82) is 0 Å². The van der Waals surface area contributed by atoms with Gasteiger partial charge < -0.3 is 10.4 Å². The summed E-state index contributed by atoms with van der Waals surface area (Å²) in [5.41, 5.74) is 0.729. The Morgan fingerprint density at radius 2 is 2.12 bits per heavy atom. The SMILES string of the molecule is CCC1CNCCC1(O)Cc1ccccc1. The molecule has 0 saturated carbocycles. The first-order valence-electron chi connectivity index (χ1n) is 6.21. The molecule has 2 heteroatoms. The van der Waals surface area contributed by atoms with E-state index in [1.807, 2.05) is 18.2 Å². The van der Waals surface area contributed by atoms with Gasteiger partial charge in [-0.3, -0.25) is 0 Å². The van der Waals surface area contributed by atoms with Crippen molar-refractivity contribution in [3.8, 4) is 0 Å². The Bertz CT molecular complexity index is 325. The summed E-state index contributed by atoms with van der Waals surface area (Å²) in [5.74, 6) is 0.376. The molecular formula is C14H21NO. The molecule has 2 N–H and O–H groups in total. The summed E-state index contributed by atoms with van der Waals surface area (Å²) < 4.78 is 0. The minimum Gasteiger partial charge on any atom is -0.389 e. The van der Waals surface area contributed by atoms with Crippen molar-refractivity contribution in [3.63, 3.8) is 0 Å². The molecule has 1 saturated heterocycles. The Balaban J connectivity index is 2.11. The normalized spacial score (nSPS) is 30.2. The maximum Gasteiger partial charge on any atom is 0.0740 e. The lowest BCUT2D eigenvalue weighted by molar-refractivity contribution is -0.0414. The zero-order valence-corrected chi connectivity index (χ0v) is 9.95. The molecule has 2 rings (SSSR count). The molecule has 0 aromatic heterocycles. The van der Waals surface area contributed by atoms with E-state index in [1.165, 1.54) is 5.56 Å². The van der Waals surface area contributed by atoms with Gasteiger partial charge in [-0.1, -0.05) is 37.3 Å². The quantitative estimate of drug-likeness (QED) is 0.814. The van der Waals surface area contributed by atoms with Crippen LogP contribution in [0.1, 0.15) is 25.3 Å². The van der Waals surface area contributed by atoms with E-state index >= 15 is 0 Å². The summed E-state index contributed by atoms with van der Waals surface area (Å²) in [6.45, 7) is 4.04. The minimum atomic E-state index is -0.513. The fourth-order valence-corrected chi connectivity index (χ4v) is 2.68. The molecular weight excluding hydrogens is 198 g/mol. The number of hydrogen-bond acceptors (Lipinski definition) is 2. The largest absolute Gasteiger partial charge is 0.389 e. The highest BCUT2D eigenvalue weighted by Crippen LogP contribution is 2.30. The fourth-order valence-electron chi connectivity index (χ4n) is 2.68. The molecule has 1 fully saturated rings. The number of nitrogens with one attached hydrogen (secondary N) is 1. The van der Waals surface area contributed by atoms with E-state index in [1.54, 1.807) is 0 Å². The summed E-state index contributed by atoms with van der Waals surface area (Å²) in [4.78, 5) is 0. The molecule has 0 radical (unpaired) electrons. The fraction of sp³-hybridized carbons (Fsp3) is 0.571. The molecule has 16 heavy (non-hydrogen) atoms. The summed E-state index contributed by atoms with van der Waals surface area (Å²) in [6.07, 6.45) is 2.69. The molecule has 0 amide bonds. The van der Waals surface area contributed by atoms with Gasteiger partial charge in [0, 0.05) is 18.9 Å². The molecule has 1 heterocycles. The third-order valence-electron chi connectivity index (χ3n) is 3.73. The highest BCUT2D eigenvalue weighted by atomic mass is 16.3. The van der Waals surface area contributed by atoms with Gasteiger partial charge in [-0.25, -0.2) is 0 Å². The molecule has 2 unspecified atom stereocenters. The van der Waals surface area contributed by atoms with Crippen molar-refractivity contribution in [2.24, 2.45) is 5.92 Å². The number of aliphatic hydroxyl groups is 1. The Morgan fingerprint density at radius 3 is 2.81 bits per heavy atom. The van der Waals surface area contributed by atoms with Crippen molar-refractivity contribution in [2.45, 2.75) is 31.8 Å². The number of piperidine rings is 1. The van der Waals surface area contributed by atoms with Crippen LogP contribution in [0.15, 0.2) is 30.3 Å². The maximum atomic E-state index is 10.7. The molecule has 1 aromatic rings. The Kier molecular flexibility index (Phi) is 3.62. The lowest BCUT2D eigenvalue weighted by Crippen LogP contribution is -2.51. The predicted molar refractivity (Wildman–Crippen MR) is 66.4 cm³/mol. The van der Waals surface area contributed by atoms with Crippen LogP contribution in [-0.4, -0.2) is 23.8 Å². The molecule has 0 aliphatic carbocycles. The van der Waals surface area contributed by atoms with E-state index in [9.17, 15) is 5.11 Å². The molecule has 0 bridgehead atoms. The van der Waals surface area contributed by atoms with Crippen LogP contribution in [0.3, 0.4) is 0 Å². The van der Waals surface area contributed by atoms with Crippen LogP contribution in [0, 0.1) is 5.92 Å². The van der Waals surface area contributed by atoms with Gasteiger partial charge >= 0.3 is 0 Å². The van der Waals surface area contributed by atoms with Gasteiger partial charge in [-0.2, -0.15) is 0 Å². The molecule has 2 nitrogen and oxygen atoms in total. The summed E-state index contributed by atoms with van der Waals surface area (Å²) >= 11 is 0. The van der Waals surface area contributed by atoms with Gasteiger partial charge in [-0.15, -0.1) is 0 Å². The zero-order chi connectivity index (χ0) is 11.4. The van der Waals surface area contributed by atoms with E-state index in [-0.39, 0.29) is 0 Å². The maximum absolute atomic E-state index is 10.7. The van der Waals surface area contributed by atoms with E-state index in [4.69, 9.17) is 0 Å². The second-order valence-electron chi connectivity index (χ2n) is 4.83. The van der Waals surface area contributed by atoms with Crippen molar-refractivity contribution in [2.75, 3.05) is 13.1 Å². The van der Waals surface area contributed by atoms with Crippen LogP contribution in [0.5, 0.6) is 0 Å². The topological polar surface area (TPSA) is 32.3 Å². The van der Waals surface area contributed by atoms with Crippen molar-refractivity contribution >= 4 is 0 Å². The monoisotopic (exact) mass is 219 g/mol. The molecule has 1 aliphatic heterocycles. The molecule has 2 atom stereocenters. The Hall–Kier alpha value is -0.860. The number of hydrogen-bond donors (Lipinski definition) is 2. The van der Waals surface area contributed by atoms with Gasteiger partial charge in [0.1, 0.15) is 0 Å². The van der Waals surface area contributed by atoms with Crippen LogP contribution in [0.4, 0.5) is 0 Å². The highest BCUT2D eigenvalue weighted by Gasteiger charge is 2.37. The second-order valence-corrected chi connectivity index (χ2v) is 4.83. The molecule has 1 aromatic carbocycles. The van der Waals surface area contributed by atoms with Crippen LogP contribution >= 0.6 is 0 Å². The average molecular weight is 219 g/mol. The molecule has 88 valence electrons. The van der Waals surface area contributed by atoms with E-state index in [0.717, 1.165) is 32.4 Å². The second kappa shape index (κ2) is 4.98. The van der Waals surface area contributed by atoms with Gasteiger partial charge in [0.15, 0.2) is 0 Å². The Morgan fingerprint density at radius 1 is 1.38 bits per heavy atom. The first-order chi connectivity index (χ1) is 7.74. The lowest BCUT2D eigenvalue weighted by Gasteiger charge is -2.40. The van der Waals surface area contributed by atoms with Crippen molar-refractivity contribution in [1.82, 2.24) is 5.32 Å². The predicted octanol–water partition coefficient (Wildman–Crippen LogP) is 1.98. The summed E-state index contributed by atoms with van der Waals surface area (Å²) in [6, 6.07) is 10.3.